The summed E-state index contributed by atoms with van der Waals surface area (Å²) < 4.78 is 42.2. The average molecular weight is 281 g/mol. The first-order valence-corrected chi connectivity index (χ1v) is 5.09. The van der Waals surface area contributed by atoms with E-state index in [0.29, 0.717) is 0 Å². The maximum absolute atomic E-state index is 12.4. The van der Waals surface area contributed by atoms with Crippen LogP contribution >= 0.6 is 0 Å². The van der Waals surface area contributed by atoms with Crippen LogP contribution in [0.15, 0.2) is 4.79 Å². The van der Waals surface area contributed by atoms with Crippen molar-refractivity contribution in [2.24, 2.45) is 7.05 Å². The fraction of sp³-hybridized carbons (Fsp3) is 0.556. The molecule has 0 radical (unpaired) electrons. The summed E-state index contributed by atoms with van der Waals surface area (Å²) in [6.07, 6.45) is -4.83. The maximum atomic E-state index is 12.4. The fourth-order valence-electron chi connectivity index (χ4n) is 1.25. The standard InChI is InChI=1S/C9H10F3N3O4/c1-3-19-6(17)5(16)4-15-8(18)14(2)7(13-15)9(10,11)12/h3-4H2,1-2H3. The highest BCUT2D eigenvalue weighted by molar-refractivity contribution is 6.33. The van der Waals surface area contributed by atoms with Crippen molar-refractivity contribution in [3.8, 4) is 0 Å². The number of carbonyl (C=O) groups is 2. The highest BCUT2D eigenvalue weighted by Crippen LogP contribution is 2.25. The molecule has 19 heavy (non-hydrogen) atoms. The molecule has 0 aliphatic carbocycles. The lowest BCUT2D eigenvalue weighted by Gasteiger charge is -2.02. The van der Waals surface area contributed by atoms with Gasteiger partial charge in [0.25, 0.3) is 5.78 Å². The summed E-state index contributed by atoms with van der Waals surface area (Å²) in [5.74, 6) is -3.83. The molecule has 0 aliphatic rings. The lowest BCUT2D eigenvalue weighted by molar-refractivity contribution is -0.154. The second-order valence-corrected chi connectivity index (χ2v) is 3.46. The summed E-state index contributed by atoms with van der Waals surface area (Å²) in [7, 11) is 0.865. The molecule has 1 rings (SSSR count). The minimum Gasteiger partial charge on any atom is -0.460 e. The van der Waals surface area contributed by atoms with Crippen molar-refractivity contribution < 1.29 is 27.5 Å². The normalized spacial score (nSPS) is 11.4. The van der Waals surface area contributed by atoms with E-state index < -0.39 is 36.0 Å². The van der Waals surface area contributed by atoms with E-state index in [9.17, 15) is 27.6 Å². The van der Waals surface area contributed by atoms with Gasteiger partial charge in [0.15, 0.2) is 0 Å². The van der Waals surface area contributed by atoms with Gasteiger partial charge in [-0.1, -0.05) is 0 Å². The number of ether oxygens (including phenoxy) is 1. The first-order valence-electron chi connectivity index (χ1n) is 5.09. The third-order valence-corrected chi connectivity index (χ3v) is 2.09. The fourth-order valence-corrected chi connectivity index (χ4v) is 1.25. The second-order valence-electron chi connectivity index (χ2n) is 3.46. The van der Waals surface area contributed by atoms with Gasteiger partial charge in [0.2, 0.25) is 5.82 Å². The highest BCUT2D eigenvalue weighted by atomic mass is 19.4. The van der Waals surface area contributed by atoms with Crippen molar-refractivity contribution in [1.82, 2.24) is 14.3 Å². The second kappa shape index (κ2) is 5.24. The molecule has 0 aromatic carbocycles. The molecule has 106 valence electrons. The predicted molar refractivity (Wildman–Crippen MR) is 54.1 cm³/mol. The van der Waals surface area contributed by atoms with Crippen LogP contribution in [0.2, 0.25) is 0 Å². The Balaban J connectivity index is 3.02. The Morgan fingerprint density at radius 2 is 1.95 bits per heavy atom. The zero-order valence-corrected chi connectivity index (χ0v) is 10.0. The zero-order valence-electron chi connectivity index (χ0n) is 10.0. The summed E-state index contributed by atoms with van der Waals surface area (Å²) in [6, 6.07) is 0. The molecule has 10 heteroatoms. The number of halogens is 3. The van der Waals surface area contributed by atoms with Gasteiger partial charge in [-0.3, -0.25) is 9.36 Å². The summed E-state index contributed by atoms with van der Waals surface area (Å²) in [4.78, 5) is 33.7. The minimum absolute atomic E-state index is 0.0600. The van der Waals surface area contributed by atoms with Gasteiger partial charge >= 0.3 is 17.8 Å². The first kappa shape index (κ1) is 14.9. The largest absolute Gasteiger partial charge is 0.460 e. The third kappa shape index (κ3) is 3.20. The summed E-state index contributed by atoms with van der Waals surface area (Å²) in [6.45, 7) is 0.497. The molecular weight excluding hydrogens is 271 g/mol. The first-order chi connectivity index (χ1) is 8.68. The zero-order chi connectivity index (χ0) is 14.8. The molecule has 0 bridgehead atoms. The van der Waals surface area contributed by atoms with Gasteiger partial charge in [-0.2, -0.15) is 13.2 Å². The van der Waals surface area contributed by atoms with Crippen molar-refractivity contribution in [2.45, 2.75) is 19.6 Å². The van der Waals surface area contributed by atoms with Crippen LogP contribution in [0.25, 0.3) is 0 Å². The van der Waals surface area contributed by atoms with Crippen LogP contribution in [0.5, 0.6) is 0 Å². The lowest BCUT2D eigenvalue weighted by Crippen LogP contribution is -2.30. The Bertz CT molecular complexity index is 558. The van der Waals surface area contributed by atoms with E-state index >= 15 is 0 Å². The maximum Gasteiger partial charge on any atom is 0.451 e. The number of Topliss-reactive ketones (excluding diaryl/α,β-unsaturated/α-hetero) is 1. The van der Waals surface area contributed by atoms with Gasteiger partial charge in [0.05, 0.1) is 6.61 Å². The summed E-state index contributed by atoms with van der Waals surface area (Å²) >= 11 is 0. The topological polar surface area (TPSA) is 83.2 Å². The van der Waals surface area contributed by atoms with Crippen molar-refractivity contribution in [3.05, 3.63) is 16.3 Å². The monoisotopic (exact) mass is 281 g/mol. The number of rotatable bonds is 4. The number of nitrogens with zero attached hydrogens (tertiary/aromatic N) is 3. The Morgan fingerprint density at radius 1 is 1.37 bits per heavy atom. The minimum atomic E-state index is -4.83. The molecule has 0 amide bonds. The van der Waals surface area contributed by atoms with Crippen LogP contribution in [-0.2, 0) is 34.1 Å². The average Bonchev–Trinajstić information content (AvgIpc) is 2.57. The van der Waals surface area contributed by atoms with Crippen molar-refractivity contribution >= 4 is 11.8 Å². The number of carbonyl (C=O) groups excluding carboxylic acids is 2. The number of esters is 1. The molecule has 7 nitrogen and oxygen atoms in total. The number of ketones is 1. The van der Waals surface area contributed by atoms with E-state index in [4.69, 9.17) is 0 Å². The smallest absolute Gasteiger partial charge is 0.451 e. The number of hydrogen-bond donors (Lipinski definition) is 0. The molecule has 1 aromatic heterocycles. The van der Waals surface area contributed by atoms with Gasteiger partial charge < -0.3 is 4.74 Å². The molecule has 0 spiro atoms. The van der Waals surface area contributed by atoms with E-state index in [1.165, 1.54) is 6.92 Å². The Labute approximate surface area is 104 Å². The Morgan fingerprint density at radius 3 is 2.37 bits per heavy atom. The van der Waals surface area contributed by atoms with E-state index in [2.05, 4.69) is 9.84 Å². The van der Waals surface area contributed by atoms with Crippen molar-refractivity contribution in [2.75, 3.05) is 6.61 Å². The molecule has 0 unspecified atom stereocenters. The van der Waals surface area contributed by atoms with Crippen molar-refractivity contribution in [3.63, 3.8) is 0 Å². The predicted octanol–water partition coefficient (Wildman–Crippen LogP) is -0.267. The van der Waals surface area contributed by atoms with Crippen LogP contribution in [0.1, 0.15) is 12.7 Å². The van der Waals surface area contributed by atoms with Gasteiger partial charge in [-0.15, -0.1) is 5.10 Å². The summed E-state index contributed by atoms with van der Waals surface area (Å²) in [5, 5.41) is 2.98. The van der Waals surface area contributed by atoms with Crippen LogP contribution in [0.3, 0.4) is 0 Å². The molecule has 0 N–H and O–H groups in total. The van der Waals surface area contributed by atoms with Gasteiger partial charge in [-0.05, 0) is 6.92 Å². The van der Waals surface area contributed by atoms with E-state index in [-0.39, 0.29) is 15.9 Å². The van der Waals surface area contributed by atoms with Crippen molar-refractivity contribution in [1.29, 1.82) is 0 Å². The lowest BCUT2D eigenvalue weighted by atomic mass is 10.4. The SMILES string of the molecule is CCOC(=O)C(=O)Cn1nc(C(F)(F)F)n(C)c1=O. The molecule has 1 aromatic rings. The van der Waals surface area contributed by atoms with E-state index in [1.54, 1.807) is 0 Å². The Hall–Kier alpha value is -2.13. The van der Waals surface area contributed by atoms with Crippen LogP contribution in [0, 0.1) is 0 Å². The molecule has 0 aliphatic heterocycles. The Kier molecular flexibility index (Phi) is 4.12. The quantitative estimate of drug-likeness (QED) is 0.560. The summed E-state index contributed by atoms with van der Waals surface area (Å²) in [5.41, 5.74) is -1.15. The molecule has 0 fully saturated rings. The van der Waals surface area contributed by atoms with Gasteiger partial charge in [-0.25, -0.2) is 14.3 Å². The third-order valence-electron chi connectivity index (χ3n) is 2.09. The van der Waals surface area contributed by atoms with Crippen LogP contribution in [0.4, 0.5) is 13.2 Å². The molecule has 1 heterocycles. The van der Waals surface area contributed by atoms with Gasteiger partial charge in [0, 0.05) is 7.05 Å². The molecular formula is C9H10F3N3O4. The number of hydrogen-bond acceptors (Lipinski definition) is 5. The van der Waals surface area contributed by atoms with E-state index in [1.807, 2.05) is 0 Å². The van der Waals surface area contributed by atoms with Gasteiger partial charge in [0.1, 0.15) is 6.54 Å². The van der Waals surface area contributed by atoms with Crippen LogP contribution in [-0.4, -0.2) is 32.7 Å². The molecule has 0 saturated carbocycles. The highest BCUT2D eigenvalue weighted by Gasteiger charge is 2.38. The number of aromatic nitrogens is 3. The van der Waals surface area contributed by atoms with E-state index in [0.717, 1.165) is 7.05 Å². The van der Waals surface area contributed by atoms with Crippen LogP contribution < -0.4 is 5.69 Å². The molecule has 0 saturated heterocycles. The molecule has 0 atom stereocenters. The number of alkyl halides is 3.